The van der Waals surface area contributed by atoms with Gasteiger partial charge in [-0.15, -0.1) is 0 Å². The smallest absolute Gasteiger partial charge is 0.367 e. The lowest BCUT2D eigenvalue weighted by molar-refractivity contribution is -0.191. The lowest BCUT2D eigenvalue weighted by atomic mass is 9.91. The van der Waals surface area contributed by atoms with Gasteiger partial charge in [0.2, 0.25) is 0 Å². The monoisotopic (exact) mass is 338 g/mol. The van der Waals surface area contributed by atoms with Crippen LogP contribution < -0.4 is 11.1 Å². The molecule has 1 aromatic carbocycles. The Labute approximate surface area is 146 Å². The fourth-order valence-electron chi connectivity index (χ4n) is 3.70. The van der Waals surface area contributed by atoms with Crippen LogP contribution in [0.3, 0.4) is 0 Å². The maximum Gasteiger partial charge on any atom is 0.373 e. The molecule has 2 aromatic rings. The highest BCUT2D eigenvalue weighted by Gasteiger charge is 2.26. The molecule has 1 fully saturated rings. The second-order valence-corrected chi connectivity index (χ2v) is 6.72. The molecule has 25 heavy (non-hydrogen) atoms. The highest BCUT2D eigenvalue weighted by Crippen LogP contribution is 2.40. The van der Waals surface area contributed by atoms with Crippen molar-refractivity contribution in [3.8, 4) is 11.1 Å². The number of hydrogen-bond acceptors (Lipinski definition) is 6. The van der Waals surface area contributed by atoms with Crippen LogP contribution in [0.5, 0.6) is 0 Å². The van der Waals surface area contributed by atoms with Gasteiger partial charge in [-0.3, -0.25) is 0 Å². The predicted octanol–water partition coefficient (Wildman–Crippen LogP) is 2.45. The molecule has 1 aromatic heterocycles. The van der Waals surface area contributed by atoms with Crippen molar-refractivity contribution in [3.05, 3.63) is 41.3 Å². The van der Waals surface area contributed by atoms with Crippen LogP contribution in [0.1, 0.15) is 42.5 Å². The average Bonchev–Trinajstić information content (AvgIpc) is 2.96. The van der Waals surface area contributed by atoms with Gasteiger partial charge in [0.1, 0.15) is 12.1 Å². The van der Waals surface area contributed by atoms with E-state index in [2.05, 4.69) is 40.4 Å². The first kappa shape index (κ1) is 17.3. The van der Waals surface area contributed by atoms with Crippen molar-refractivity contribution >= 4 is 12.0 Å². The summed E-state index contributed by atoms with van der Waals surface area (Å²) in [5.41, 5.74) is 12.3. The van der Waals surface area contributed by atoms with Crippen LogP contribution in [0, 0.1) is 6.92 Å². The van der Waals surface area contributed by atoms with Crippen molar-refractivity contribution in [2.75, 3.05) is 5.32 Å². The highest BCUT2D eigenvalue weighted by atomic mass is 16.2. The van der Waals surface area contributed by atoms with Crippen LogP contribution in [0.25, 0.3) is 11.1 Å². The van der Waals surface area contributed by atoms with Crippen molar-refractivity contribution in [2.45, 2.75) is 51.1 Å². The zero-order valence-electron chi connectivity index (χ0n) is 14.3. The second kappa shape index (κ2) is 7.55. The molecule has 2 aliphatic carbocycles. The van der Waals surface area contributed by atoms with E-state index in [-0.39, 0.29) is 6.15 Å². The van der Waals surface area contributed by atoms with E-state index in [0.717, 1.165) is 43.6 Å². The highest BCUT2D eigenvalue weighted by molar-refractivity contribution is 5.84. The van der Waals surface area contributed by atoms with Crippen LogP contribution in [0.2, 0.25) is 0 Å². The summed E-state index contributed by atoms with van der Waals surface area (Å²) in [7, 11) is 0. The summed E-state index contributed by atoms with van der Waals surface area (Å²) in [6, 6.07) is 7.50. The molecular weight excluding hydrogens is 316 g/mol. The number of fused-ring (bicyclic) bond motifs is 3. The van der Waals surface area contributed by atoms with Crippen LogP contribution in [0.15, 0.2) is 24.5 Å². The molecule has 6 nitrogen and oxygen atoms in total. The van der Waals surface area contributed by atoms with Gasteiger partial charge in [-0.25, -0.2) is 9.97 Å². The third-order valence-corrected chi connectivity index (χ3v) is 4.93. The molecule has 1 saturated carbocycles. The zero-order chi connectivity index (χ0) is 17.8. The SMILES string of the molecule is Cc1ccc2c(c1)Cc1ncnc(NC3CCC(N)CC3)c1-2.O=C=O. The van der Waals surface area contributed by atoms with Gasteiger partial charge < -0.3 is 11.1 Å². The van der Waals surface area contributed by atoms with Crippen molar-refractivity contribution in [2.24, 2.45) is 5.73 Å². The summed E-state index contributed by atoms with van der Waals surface area (Å²) in [5.74, 6) is 0.994. The minimum Gasteiger partial charge on any atom is -0.367 e. The number of aryl methyl sites for hydroxylation is 1. The number of nitrogens with zero attached hydrogens (tertiary/aromatic N) is 2. The quantitative estimate of drug-likeness (QED) is 0.745. The Morgan fingerprint density at radius 3 is 2.60 bits per heavy atom. The van der Waals surface area contributed by atoms with E-state index in [4.69, 9.17) is 15.3 Å². The van der Waals surface area contributed by atoms with Crippen molar-refractivity contribution in [3.63, 3.8) is 0 Å². The number of nitrogens with one attached hydrogen (secondary N) is 1. The van der Waals surface area contributed by atoms with Gasteiger partial charge in [0.25, 0.3) is 0 Å². The minimum atomic E-state index is 0.250. The Bertz CT molecular complexity index is 792. The fraction of sp³-hybridized carbons (Fsp3) is 0.421. The first-order chi connectivity index (χ1) is 12.1. The van der Waals surface area contributed by atoms with E-state index in [1.54, 1.807) is 6.33 Å². The standard InChI is InChI=1S/C18H22N4.CO2/c1-11-2-7-15-12(8-11)9-16-17(15)18(21-10-20-16)22-14-5-3-13(19)4-6-14;2-1-3/h2,7-8,10,13-14H,3-6,9,19H2,1H3,(H,20,21,22);. The van der Waals surface area contributed by atoms with Crippen molar-refractivity contribution in [1.82, 2.24) is 9.97 Å². The molecule has 6 heteroatoms. The molecule has 0 bridgehead atoms. The first-order valence-electron chi connectivity index (χ1n) is 8.57. The van der Waals surface area contributed by atoms with E-state index in [9.17, 15) is 0 Å². The van der Waals surface area contributed by atoms with Gasteiger partial charge in [-0.1, -0.05) is 23.8 Å². The molecule has 0 radical (unpaired) electrons. The molecule has 4 rings (SSSR count). The summed E-state index contributed by atoms with van der Waals surface area (Å²) in [5, 5.41) is 3.65. The molecule has 0 aliphatic heterocycles. The Morgan fingerprint density at radius 1 is 1.16 bits per heavy atom. The molecule has 130 valence electrons. The molecule has 1 heterocycles. The van der Waals surface area contributed by atoms with Crippen LogP contribution in [-0.4, -0.2) is 28.2 Å². The summed E-state index contributed by atoms with van der Waals surface area (Å²) >= 11 is 0. The van der Waals surface area contributed by atoms with E-state index < -0.39 is 0 Å². The number of rotatable bonds is 2. The maximum atomic E-state index is 8.12. The van der Waals surface area contributed by atoms with E-state index >= 15 is 0 Å². The van der Waals surface area contributed by atoms with Crippen LogP contribution >= 0.6 is 0 Å². The lowest BCUT2D eigenvalue weighted by Crippen LogP contribution is -2.33. The molecule has 0 unspecified atom stereocenters. The second-order valence-electron chi connectivity index (χ2n) is 6.72. The topological polar surface area (TPSA) is 98.0 Å². The molecular formula is C19H22N4O2. The largest absolute Gasteiger partial charge is 0.373 e. The number of carbonyl (C=O) groups excluding carboxylic acids is 2. The normalized spacial score (nSPS) is 20.6. The average molecular weight is 338 g/mol. The number of hydrogen-bond donors (Lipinski definition) is 2. The van der Waals surface area contributed by atoms with Gasteiger partial charge in [-0.2, -0.15) is 9.59 Å². The molecule has 2 aliphatic rings. The summed E-state index contributed by atoms with van der Waals surface area (Å²) in [4.78, 5) is 25.3. The van der Waals surface area contributed by atoms with E-state index in [1.807, 2.05) is 0 Å². The van der Waals surface area contributed by atoms with E-state index in [1.165, 1.54) is 22.3 Å². The summed E-state index contributed by atoms with van der Waals surface area (Å²) in [6.45, 7) is 2.14. The molecule has 0 saturated heterocycles. The van der Waals surface area contributed by atoms with Gasteiger partial charge >= 0.3 is 6.15 Å². The van der Waals surface area contributed by atoms with Gasteiger partial charge in [-0.05, 0) is 43.7 Å². The molecule has 3 N–H and O–H groups in total. The Kier molecular flexibility index (Phi) is 5.22. The zero-order valence-corrected chi connectivity index (χ0v) is 14.3. The fourth-order valence-corrected chi connectivity index (χ4v) is 3.70. The predicted molar refractivity (Wildman–Crippen MR) is 93.9 cm³/mol. The lowest BCUT2D eigenvalue weighted by Gasteiger charge is -2.27. The Morgan fingerprint density at radius 2 is 1.88 bits per heavy atom. The summed E-state index contributed by atoms with van der Waals surface area (Å²) in [6.07, 6.45) is 7.30. The van der Waals surface area contributed by atoms with Crippen LogP contribution in [-0.2, 0) is 16.0 Å². The number of anilines is 1. The number of aromatic nitrogens is 2. The molecule has 0 amide bonds. The number of nitrogens with two attached hydrogens (primary N) is 1. The number of benzene rings is 1. The molecule has 0 spiro atoms. The summed E-state index contributed by atoms with van der Waals surface area (Å²) < 4.78 is 0. The van der Waals surface area contributed by atoms with Gasteiger partial charge in [0, 0.05) is 24.1 Å². The van der Waals surface area contributed by atoms with Gasteiger partial charge in [0.05, 0.1) is 5.69 Å². The van der Waals surface area contributed by atoms with Gasteiger partial charge in [0.15, 0.2) is 0 Å². The third-order valence-electron chi connectivity index (χ3n) is 4.93. The maximum absolute atomic E-state index is 8.12. The Hall–Kier alpha value is -2.56. The van der Waals surface area contributed by atoms with Crippen LogP contribution in [0.4, 0.5) is 5.82 Å². The van der Waals surface area contributed by atoms with Crippen molar-refractivity contribution in [1.29, 1.82) is 0 Å². The Balaban J connectivity index is 0.000000569. The third kappa shape index (κ3) is 3.76. The first-order valence-corrected chi connectivity index (χ1v) is 8.57. The minimum absolute atomic E-state index is 0.250. The van der Waals surface area contributed by atoms with Crippen molar-refractivity contribution < 1.29 is 9.59 Å². The molecule has 0 atom stereocenters. The van der Waals surface area contributed by atoms with E-state index in [0.29, 0.717) is 12.1 Å².